The van der Waals surface area contributed by atoms with Gasteiger partial charge in [-0.25, -0.2) is 0 Å². The molecule has 0 heterocycles. The van der Waals surface area contributed by atoms with Crippen LogP contribution in [-0.2, 0) is 5.41 Å². The van der Waals surface area contributed by atoms with Crippen LogP contribution >= 0.6 is 0 Å². The molecule has 13 rings (SSSR count). The van der Waals surface area contributed by atoms with Crippen LogP contribution < -0.4 is 0 Å². The summed E-state index contributed by atoms with van der Waals surface area (Å²) in [6, 6.07) is 98.3. The largest absolute Gasteiger partial charge is 0.0713 e. The minimum absolute atomic E-state index is 0.263. The van der Waals surface area contributed by atoms with Gasteiger partial charge >= 0.3 is 0 Å². The van der Waals surface area contributed by atoms with Crippen molar-refractivity contribution >= 4 is 32.3 Å². The average molecular weight is 895 g/mol. The third kappa shape index (κ3) is 8.08. The Morgan fingerprint density at radius 1 is 0.229 bits per heavy atom. The summed E-state index contributed by atoms with van der Waals surface area (Å²) in [6.45, 7) is 6.53. The molecule has 0 aliphatic heterocycles. The van der Waals surface area contributed by atoms with Crippen LogP contribution in [0, 0.1) is 20.8 Å². The van der Waals surface area contributed by atoms with Crippen LogP contribution in [-0.4, -0.2) is 0 Å². The molecule has 0 radical (unpaired) electrons. The molecule has 0 saturated heterocycles. The van der Waals surface area contributed by atoms with Crippen LogP contribution in [0.15, 0.2) is 273 Å². The molecule has 0 fully saturated rings. The summed E-state index contributed by atoms with van der Waals surface area (Å²) in [5, 5.41) is 7.96. The first-order chi connectivity index (χ1) is 34.5. The molecule has 0 unspecified atom stereocenters. The van der Waals surface area contributed by atoms with E-state index in [9.17, 15) is 0 Å². The van der Waals surface area contributed by atoms with E-state index >= 15 is 0 Å². The lowest BCUT2D eigenvalue weighted by atomic mass is 9.67. The van der Waals surface area contributed by atoms with E-state index in [2.05, 4.69) is 294 Å². The van der Waals surface area contributed by atoms with Gasteiger partial charge in [0.25, 0.3) is 0 Å². The van der Waals surface area contributed by atoms with Crippen molar-refractivity contribution in [2.24, 2.45) is 0 Å². The minimum Gasteiger partial charge on any atom is -0.0622 e. The van der Waals surface area contributed by atoms with E-state index in [0.717, 1.165) is 0 Å². The molecule has 0 amide bonds. The first-order valence-electron chi connectivity index (χ1n) is 24.4. The van der Waals surface area contributed by atoms with Gasteiger partial charge in [-0.3, -0.25) is 0 Å². The maximum absolute atomic E-state index is 2.37. The Morgan fingerprint density at radius 3 is 1.27 bits per heavy atom. The normalized spacial score (nSPS) is 12.0. The number of aryl methyl sites for hydroxylation is 3. The molecule has 334 valence electrons. The zero-order chi connectivity index (χ0) is 47.4. The predicted molar refractivity (Wildman–Crippen MR) is 300 cm³/mol. The average Bonchev–Trinajstić information content (AvgIpc) is 3.72. The number of hydrogen-bond donors (Lipinski definition) is 0. The molecule has 1 aliphatic rings. The van der Waals surface area contributed by atoms with E-state index in [1.165, 1.54) is 116 Å². The molecule has 12 aromatic carbocycles. The minimum atomic E-state index is -0.263. The van der Waals surface area contributed by atoms with Crippen LogP contribution in [0.2, 0.25) is 0 Å². The molecule has 0 N–H and O–H groups in total. The molecule has 0 spiro atoms. The van der Waals surface area contributed by atoms with Gasteiger partial charge in [0, 0.05) is 0 Å². The lowest BCUT2D eigenvalue weighted by Crippen LogP contribution is -2.28. The monoisotopic (exact) mass is 894 g/mol. The molecule has 70 heavy (non-hydrogen) atoms. The fourth-order valence-electron chi connectivity index (χ4n) is 10.9. The van der Waals surface area contributed by atoms with E-state index in [0.29, 0.717) is 0 Å². The van der Waals surface area contributed by atoms with Crippen LogP contribution in [0.4, 0.5) is 0 Å². The summed E-state index contributed by atoms with van der Waals surface area (Å²) in [7, 11) is 0. The number of benzene rings is 12. The third-order valence-electron chi connectivity index (χ3n) is 14.2. The van der Waals surface area contributed by atoms with Crippen molar-refractivity contribution < 1.29 is 0 Å². The van der Waals surface area contributed by atoms with E-state index in [-0.39, 0.29) is 5.41 Å². The van der Waals surface area contributed by atoms with E-state index < -0.39 is 0 Å². The Balaban J connectivity index is 0.000000116. The summed E-state index contributed by atoms with van der Waals surface area (Å²) in [5.41, 5.74) is 19.5. The highest BCUT2D eigenvalue weighted by Crippen LogP contribution is 2.56. The summed E-state index contributed by atoms with van der Waals surface area (Å²) in [5.74, 6) is 0. The molecule has 0 heteroatoms. The highest BCUT2D eigenvalue weighted by molar-refractivity contribution is 6.25. The van der Waals surface area contributed by atoms with Gasteiger partial charge in [0.05, 0.1) is 5.41 Å². The van der Waals surface area contributed by atoms with Gasteiger partial charge in [-0.05, 0) is 143 Å². The Hall–Kier alpha value is -8.58. The molecule has 12 aromatic rings. The topological polar surface area (TPSA) is 0 Å². The van der Waals surface area contributed by atoms with Crippen LogP contribution in [0.3, 0.4) is 0 Å². The first kappa shape index (κ1) is 44.0. The Labute approximate surface area is 412 Å². The number of hydrogen-bond acceptors (Lipinski definition) is 0. The lowest BCUT2D eigenvalue weighted by molar-refractivity contribution is 0.767. The predicted octanol–water partition coefficient (Wildman–Crippen LogP) is 18.8. The highest BCUT2D eigenvalue weighted by Gasteiger charge is 2.45. The molecule has 0 bridgehead atoms. The Bertz CT molecular complexity index is 3700. The summed E-state index contributed by atoms with van der Waals surface area (Å²) < 4.78 is 0. The van der Waals surface area contributed by atoms with Crippen molar-refractivity contribution in [3.63, 3.8) is 0 Å². The Kier molecular flexibility index (Phi) is 12.1. The summed E-state index contributed by atoms with van der Waals surface area (Å²) >= 11 is 0. The maximum atomic E-state index is 2.37. The maximum Gasteiger partial charge on any atom is 0.0713 e. The van der Waals surface area contributed by atoms with Crippen molar-refractivity contribution in [2.75, 3.05) is 0 Å². The quantitative estimate of drug-likeness (QED) is 0.151. The molecule has 0 atom stereocenters. The van der Waals surface area contributed by atoms with Gasteiger partial charge in [0.15, 0.2) is 0 Å². The number of fused-ring (bicyclic) bond motifs is 9. The second-order valence-electron chi connectivity index (χ2n) is 18.5. The lowest BCUT2D eigenvalue weighted by Gasteiger charge is -2.34. The second-order valence-corrected chi connectivity index (χ2v) is 18.5. The summed E-state index contributed by atoms with van der Waals surface area (Å²) in [4.78, 5) is 0. The van der Waals surface area contributed by atoms with Crippen molar-refractivity contribution in [3.8, 4) is 44.5 Å². The molecule has 0 aromatic heterocycles. The van der Waals surface area contributed by atoms with Gasteiger partial charge in [-0.15, -0.1) is 0 Å². The number of rotatable bonds is 5. The van der Waals surface area contributed by atoms with Crippen molar-refractivity contribution in [3.05, 3.63) is 312 Å². The van der Waals surface area contributed by atoms with Crippen molar-refractivity contribution in [2.45, 2.75) is 26.2 Å². The van der Waals surface area contributed by atoms with Gasteiger partial charge in [-0.1, -0.05) is 266 Å². The van der Waals surface area contributed by atoms with Crippen LogP contribution in [0.1, 0.15) is 38.9 Å². The smallest absolute Gasteiger partial charge is 0.0622 e. The Morgan fingerprint density at radius 2 is 0.671 bits per heavy atom. The molecular formula is C70H54. The molecular weight excluding hydrogens is 841 g/mol. The van der Waals surface area contributed by atoms with E-state index in [1.54, 1.807) is 0 Å². The van der Waals surface area contributed by atoms with Gasteiger partial charge in [0.1, 0.15) is 0 Å². The van der Waals surface area contributed by atoms with Crippen molar-refractivity contribution in [1.29, 1.82) is 0 Å². The molecule has 0 saturated carbocycles. The fraction of sp³-hybridized carbons (Fsp3) is 0.0571. The highest BCUT2D eigenvalue weighted by atomic mass is 14.5. The van der Waals surface area contributed by atoms with Crippen molar-refractivity contribution in [1.82, 2.24) is 0 Å². The van der Waals surface area contributed by atoms with E-state index in [4.69, 9.17) is 0 Å². The standard InChI is InChI=1S/C26H20.C25H18.C19H16/c1-19-16-17-23-22-14-8-9-15-24(22)26(25(23)18-19,20-10-4-2-5-11-20)21-12-6-3-7-13-21;1-17-8-2-3-9-19(17)18-14-15-24-22-12-5-4-10-20(22)21-11-6-7-13-23(21)25(24)16-18;1-15-12-13-18(16-8-4-2-5-9-16)14-19(15)17-10-6-3-7-11-17/h2-18H,1H3;2-16H,1H3;2-14H,1H3. The zero-order valence-corrected chi connectivity index (χ0v) is 40.0. The van der Waals surface area contributed by atoms with Gasteiger partial charge in [0.2, 0.25) is 0 Å². The SMILES string of the molecule is Cc1ccc(-c2ccccc2)cc1-c1ccccc1.Cc1ccc2c(c1)C(c1ccccc1)(c1ccccc1)c1ccccc1-2.Cc1ccccc1-c1ccc2c3ccccc3c3ccccc3c2c1. The van der Waals surface area contributed by atoms with Gasteiger partial charge in [-0.2, -0.15) is 0 Å². The summed E-state index contributed by atoms with van der Waals surface area (Å²) in [6.07, 6.45) is 0. The zero-order valence-electron chi connectivity index (χ0n) is 40.0. The fourth-order valence-corrected chi connectivity index (χ4v) is 10.9. The van der Waals surface area contributed by atoms with Crippen LogP contribution in [0.5, 0.6) is 0 Å². The van der Waals surface area contributed by atoms with Gasteiger partial charge < -0.3 is 0 Å². The second kappa shape index (κ2) is 19.2. The molecule has 1 aliphatic carbocycles. The van der Waals surface area contributed by atoms with E-state index in [1.807, 2.05) is 0 Å². The first-order valence-corrected chi connectivity index (χ1v) is 24.4. The van der Waals surface area contributed by atoms with Crippen LogP contribution in [0.25, 0.3) is 76.8 Å². The third-order valence-corrected chi connectivity index (χ3v) is 14.2. The molecule has 0 nitrogen and oxygen atoms in total.